The van der Waals surface area contributed by atoms with Crippen LogP contribution in [0.15, 0.2) is 36.4 Å². The summed E-state index contributed by atoms with van der Waals surface area (Å²) in [6.45, 7) is 6.00. The number of carbonyl (C=O) groups excluding carboxylic acids is 1. The number of phenols is 2. The first-order chi connectivity index (χ1) is 9.91. The number of amides is 1. The molecule has 0 radical (unpaired) electrons. The van der Waals surface area contributed by atoms with E-state index in [0.717, 1.165) is 16.8 Å². The predicted octanol–water partition coefficient (Wildman–Crippen LogP) is 3.78. The molecule has 0 aliphatic rings. The normalized spacial score (nSPS) is 10.7. The highest BCUT2D eigenvalue weighted by molar-refractivity contribution is 6.08. The lowest BCUT2D eigenvalue weighted by Crippen LogP contribution is -2.15. The van der Waals surface area contributed by atoms with E-state index < -0.39 is 5.91 Å². The van der Waals surface area contributed by atoms with Gasteiger partial charge in [0.05, 0.1) is 0 Å². The maximum absolute atomic E-state index is 12.4. The minimum Gasteiger partial charge on any atom is -0.507 e. The summed E-state index contributed by atoms with van der Waals surface area (Å²) in [6, 6.07) is 10.0. The average molecular weight is 285 g/mol. The van der Waals surface area contributed by atoms with Crippen LogP contribution in [-0.4, -0.2) is 16.1 Å². The Labute approximate surface area is 124 Å². The number of rotatable bonds is 3. The van der Waals surface area contributed by atoms with E-state index in [2.05, 4.69) is 5.32 Å². The quantitative estimate of drug-likeness (QED) is 0.803. The van der Waals surface area contributed by atoms with Crippen LogP contribution in [0.4, 0.5) is 5.69 Å². The number of carbonyl (C=O) groups is 1. The van der Waals surface area contributed by atoms with E-state index in [9.17, 15) is 15.0 Å². The van der Waals surface area contributed by atoms with Gasteiger partial charge >= 0.3 is 0 Å². The number of para-hydroxylation sites is 1. The highest BCUT2D eigenvalue weighted by atomic mass is 16.3. The van der Waals surface area contributed by atoms with Gasteiger partial charge in [-0.25, -0.2) is 0 Å². The molecule has 2 aromatic rings. The van der Waals surface area contributed by atoms with Gasteiger partial charge in [-0.3, -0.25) is 4.79 Å². The Morgan fingerprint density at radius 2 is 1.62 bits per heavy atom. The van der Waals surface area contributed by atoms with Gasteiger partial charge in [-0.1, -0.05) is 38.1 Å². The summed E-state index contributed by atoms with van der Waals surface area (Å²) in [6.07, 6.45) is 0. The Bertz CT molecular complexity index is 657. The summed E-state index contributed by atoms with van der Waals surface area (Å²) in [4.78, 5) is 12.4. The van der Waals surface area contributed by atoms with Crippen LogP contribution in [0.2, 0.25) is 0 Å². The van der Waals surface area contributed by atoms with Gasteiger partial charge in [0.25, 0.3) is 5.91 Å². The van der Waals surface area contributed by atoms with Crippen molar-refractivity contribution in [3.63, 3.8) is 0 Å². The molecule has 0 bridgehead atoms. The third kappa shape index (κ3) is 2.99. The molecule has 0 aliphatic carbocycles. The fourth-order valence-corrected chi connectivity index (χ4v) is 2.28. The predicted molar refractivity (Wildman–Crippen MR) is 83.0 cm³/mol. The molecular formula is C17H19NO3. The molecule has 0 aliphatic heterocycles. The number of benzene rings is 2. The molecule has 3 N–H and O–H groups in total. The maximum Gasteiger partial charge on any atom is 0.263 e. The molecule has 0 aromatic heterocycles. The minimum absolute atomic E-state index is 0.115. The molecule has 21 heavy (non-hydrogen) atoms. The van der Waals surface area contributed by atoms with Crippen LogP contribution >= 0.6 is 0 Å². The first-order valence-corrected chi connectivity index (χ1v) is 6.83. The number of nitrogens with one attached hydrogen (secondary N) is 1. The molecule has 1 amide bonds. The van der Waals surface area contributed by atoms with E-state index in [4.69, 9.17) is 0 Å². The Balaban J connectivity index is 2.41. The van der Waals surface area contributed by atoms with E-state index >= 15 is 0 Å². The highest BCUT2D eigenvalue weighted by Gasteiger charge is 2.18. The minimum atomic E-state index is -0.526. The SMILES string of the molecule is Cc1cccc(C(C)C)c1NC(=O)c1c(O)cccc1O. The monoisotopic (exact) mass is 285 g/mol. The van der Waals surface area contributed by atoms with E-state index in [1.165, 1.54) is 18.2 Å². The zero-order valence-corrected chi connectivity index (χ0v) is 12.3. The van der Waals surface area contributed by atoms with Gasteiger partial charge in [0.2, 0.25) is 0 Å². The lowest BCUT2D eigenvalue weighted by atomic mass is 9.98. The second kappa shape index (κ2) is 5.87. The lowest BCUT2D eigenvalue weighted by Gasteiger charge is -2.17. The van der Waals surface area contributed by atoms with Gasteiger partial charge in [-0.15, -0.1) is 0 Å². The molecule has 4 nitrogen and oxygen atoms in total. The van der Waals surface area contributed by atoms with Gasteiger partial charge in [0.1, 0.15) is 17.1 Å². The number of aryl methyl sites for hydroxylation is 1. The molecule has 0 saturated carbocycles. The van der Waals surface area contributed by atoms with E-state index in [1.807, 2.05) is 39.0 Å². The zero-order chi connectivity index (χ0) is 15.6. The second-order valence-electron chi connectivity index (χ2n) is 5.32. The van der Waals surface area contributed by atoms with Crippen LogP contribution in [0.1, 0.15) is 41.3 Å². The van der Waals surface area contributed by atoms with Crippen LogP contribution in [0.5, 0.6) is 11.5 Å². The standard InChI is InChI=1S/C17H19NO3/c1-10(2)12-7-4-6-11(3)16(12)18-17(21)15-13(19)8-5-9-14(15)20/h4-10,19-20H,1-3H3,(H,18,21). The molecule has 0 saturated heterocycles. The third-order valence-corrected chi connectivity index (χ3v) is 3.41. The molecular weight excluding hydrogens is 266 g/mol. The van der Waals surface area contributed by atoms with Crippen molar-refractivity contribution in [2.45, 2.75) is 26.7 Å². The summed E-state index contributed by atoms with van der Waals surface area (Å²) in [5.74, 6) is -0.765. The Morgan fingerprint density at radius 3 is 2.19 bits per heavy atom. The average Bonchev–Trinajstić information content (AvgIpc) is 2.40. The van der Waals surface area contributed by atoms with Crippen LogP contribution in [0, 0.1) is 6.92 Å². The maximum atomic E-state index is 12.4. The van der Waals surface area contributed by atoms with Crippen molar-refractivity contribution in [1.29, 1.82) is 0 Å². The van der Waals surface area contributed by atoms with Crippen LogP contribution in [0.3, 0.4) is 0 Å². The van der Waals surface area contributed by atoms with E-state index in [1.54, 1.807) is 0 Å². The van der Waals surface area contributed by atoms with Crippen molar-refractivity contribution in [3.8, 4) is 11.5 Å². The molecule has 4 heteroatoms. The lowest BCUT2D eigenvalue weighted by molar-refractivity contribution is 0.102. The first kappa shape index (κ1) is 14.9. The zero-order valence-electron chi connectivity index (χ0n) is 12.3. The number of hydrogen-bond acceptors (Lipinski definition) is 3. The molecule has 0 fully saturated rings. The Hall–Kier alpha value is -2.49. The van der Waals surface area contributed by atoms with Crippen molar-refractivity contribution in [2.24, 2.45) is 0 Å². The van der Waals surface area contributed by atoms with Gasteiger partial charge in [0, 0.05) is 5.69 Å². The van der Waals surface area contributed by atoms with Crippen LogP contribution in [0.25, 0.3) is 0 Å². The van der Waals surface area contributed by atoms with E-state index in [-0.39, 0.29) is 23.0 Å². The molecule has 110 valence electrons. The highest BCUT2D eigenvalue weighted by Crippen LogP contribution is 2.31. The van der Waals surface area contributed by atoms with Crippen LogP contribution in [-0.2, 0) is 0 Å². The van der Waals surface area contributed by atoms with Crippen molar-refractivity contribution < 1.29 is 15.0 Å². The number of phenolic OH excluding ortho intramolecular Hbond substituents is 2. The van der Waals surface area contributed by atoms with Crippen molar-refractivity contribution in [2.75, 3.05) is 5.32 Å². The van der Waals surface area contributed by atoms with Gasteiger partial charge in [0.15, 0.2) is 0 Å². The van der Waals surface area contributed by atoms with Gasteiger partial charge < -0.3 is 15.5 Å². The Kier molecular flexibility index (Phi) is 4.17. The molecule has 2 aromatic carbocycles. The first-order valence-electron chi connectivity index (χ1n) is 6.83. The van der Waals surface area contributed by atoms with Crippen molar-refractivity contribution in [3.05, 3.63) is 53.1 Å². The summed E-state index contributed by atoms with van der Waals surface area (Å²) in [5.41, 5.74) is 2.55. The molecule has 0 atom stereocenters. The largest absolute Gasteiger partial charge is 0.507 e. The fourth-order valence-electron chi connectivity index (χ4n) is 2.28. The summed E-state index contributed by atoms with van der Waals surface area (Å²) in [7, 11) is 0. The molecule has 0 spiro atoms. The fraction of sp³-hybridized carbons (Fsp3) is 0.235. The molecule has 2 rings (SSSR count). The van der Waals surface area contributed by atoms with E-state index in [0.29, 0.717) is 0 Å². The van der Waals surface area contributed by atoms with Gasteiger partial charge in [-0.05, 0) is 36.1 Å². The van der Waals surface area contributed by atoms with Crippen molar-refractivity contribution >= 4 is 11.6 Å². The summed E-state index contributed by atoms with van der Waals surface area (Å²) >= 11 is 0. The Morgan fingerprint density at radius 1 is 1.05 bits per heavy atom. The third-order valence-electron chi connectivity index (χ3n) is 3.41. The van der Waals surface area contributed by atoms with Crippen LogP contribution < -0.4 is 5.32 Å². The smallest absolute Gasteiger partial charge is 0.263 e. The summed E-state index contributed by atoms with van der Waals surface area (Å²) in [5, 5.41) is 22.3. The number of aromatic hydroxyl groups is 2. The summed E-state index contributed by atoms with van der Waals surface area (Å²) < 4.78 is 0. The molecule has 0 unspecified atom stereocenters. The molecule has 0 heterocycles. The number of anilines is 1. The second-order valence-corrected chi connectivity index (χ2v) is 5.32. The topological polar surface area (TPSA) is 69.6 Å². The van der Waals surface area contributed by atoms with Crippen molar-refractivity contribution in [1.82, 2.24) is 0 Å². The van der Waals surface area contributed by atoms with Gasteiger partial charge in [-0.2, -0.15) is 0 Å². The number of hydrogen-bond donors (Lipinski definition) is 3.